The Hall–Kier alpha value is -2.39. The van der Waals surface area contributed by atoms with Gasteiger partial charge in [-0.3, -0.25) is 4.79 Å². The van der Waals surface area contributed by atoms with Gasteiger partial charge >= 0.3 is 0 Å². The Labute approximate surface area is 158 Å². The van der Waals surface area contributed by atoms with Crippen molar-refractivity contribution in [1.82, 2.24) is 5.32 Å². The fourth-order valence-electron chi connectivity index (χ4n) is 2.65. The number of benzene rings is 2. The van der Waals surface area contributed by atoms with Gasteiger partial charge in [0.05, 0.1) is 6.04 Å². The summed E-state index contributed by atoms with van der Waals surface area (Å²) >= 11 is 0. The second-order valence-electron chi connectivity index (χ2n) is 5.59. The zero-order chi connectivity index (χ0) is 16.8. The molecule has 2 aromatic carbocycles. The average Bonchev–Trinajstić information content (AvgIpc) is 2.65. The summed E-state index contributed by atoms with van der Waals surface area (Å²) in [5, 5.41) is 14.0. The van der Waals surface area contributed by atoms with E-state index in [2.05, 4.69) is 5.32 Å². The van der Waals surface area contributed by atoms with Crippen LogP contribution in [0.25, 0.3) is 0 Å². The van der Waals surface area contributed by atoms with E-state index in [4.69, 9.17) is 0 Å². The molecule has 1 aliphatic rings. The monoisotopic (exact) mass is 380 g/mol. The Morgan fingerprint density at radius 3 is 2.00 bits per heavy atom. The van der Waals surface area contributed by atoms with E-state index in [1.165, 1.54) is 6.08 Å². The molecule has 0 saturated carbocycles. The largest absolute Gasteiger partial charge is 0.386 e. The second kappa shape index (κ2) is 9.19. The zero-order valence-corrected chi connectivity index (χ0v) is 14.4. The Bertz CT molecular complexity index is 782. The predicted octanol–water partition coefficient (Wildman–Crippen LogP) is 3.63. The normalized spacial score (nSPS) is 17.0. The fourth-order valence-corrected chi connectivity index (χ4v) is 2.65. The van der Waals surface area contributed by atoms with Crippen LogP contribution in [0.1, 0.15) is 23.3 Å². The van der Waals surface area contributed by atoms with Crippen LogP contribution in [-0.4, -0.2) is 10.9 Å². The van der Waals surface area contributed by atoms with Crippen LogP contribution in [0.4, 0.5) is 0 Å². The molecular weight excluding hydrogens is 362 g/mol. The summed E-state index contributed by atoms with van der Waals surface area (Å²) in [4.78, 5) is 11.9. The fraction of sp³-hybridized carbons (Fsp3) is 0.0952. The van der Waals surface area contributed by atoms with Crippen LogP contribution >= 0.6 is 0 Å². The van der Waals surface area contributed by atoms with Crippen molar-refractivity contribution in [3.05, 3.63) is 108 Å². The van der Waals surface area contributed by atoms with E-state index in [9.17, 15) is 9.90 Å². The van der Waals surface area contributed by atoms with Gasteiger partial charge in [0.1, 0.15) is 6.10 Å². The first-order valence-electron chi connectivity index (χ1n) is 7.89. The molecule has 3 nitrogen and oxygen atoms in total. The molecule has 0 heterocycles. The van der Waals surface area contributed by atoms with Crippen LogP contribution in [-0.2, 0) is 21.9 Å². The van der Waals surface area contributed by atoms with Gasteiger partial charge in [-0.15, -0.1) is 0 Å². The number of nitrogens with one attached hydrogen (secondary N) is 1. The molecule has 0 amide bonds. The molecule has 4 heteroatoms. The number of hydrogen-bond acceptors (Lipinski definition) is 3. The minimum atomic E-state index is -0.733. The number of aliphatic hydroxyl groups is 1. The minimum Gasteiger partial charge on any atom is -0.386 e. The van der Waals surface area contributed by atoms with Gasteiger partial charge in [0.25, 0.3) is 0 Å². The Morgan fingerprint density at radius 1 is 0.840 bits per heavy atom. The number of aliphatic hydroxyl groups excluding tert-OH is 1. The predicted molar refractivity (Wildman–Crippen MR) is 95.1 cm³/mol. The summed E-state index contributed by atoms with van der Waals surface area (Å²) in [5.74, 6) is -0.0500. The third-order valence-electron chi connectivity index (χ3n) is 3.95. The molecule has 0 aliphatic heterocycles. The van der Waals surface area contributed by atoms with Crippen LogP contribution in [0, 0.1) is 0 Å². The summed E-state index contributed by atoms with van der Waals surface area (Å²) in [7, 11) is 0. The van der Waals surface area contributed by atoms with Crippen LogP contribution in [0.5, 0.6) is 0 Å². The summed E-state index contributed by atoms with van der Waals surface area (Å²) < 4.78 is 0. The van der Waals surface area contributed by atoms with E-state index < -0.39 is 6.10 Å². The maximum atomic E-state index is 11.9. The van der Waals surface area contributed by atoms with Gasteiger partial charge in [0.15, 0.2) is 5.78 Å². The summed E-state index contributed by atoms with van der Waals surface area (Å²) in [6, 6.07) is 18.9. The quantitative estimate of drug-likeness (QED) is 0.615. The van der Waals surface area contributed by atoms with Crippen molar-refractivity contribution in [2.75, 3.05) is 0 Å². The zero-order valence-electron chi connectivity index (χ0n) is 13.5. The van der Waals surface area contributed by atoms with Crippen LogP contribution in [0.2, 0.25) is 0 Å². The van der Waals surface area contributed by atoms with Crippen molar-refractivity contribution in [2.45, 2.75) is 12.1 Å². The number of carbonyl (C=O) groups is 1. The maximum Gasteiger partial charge on any atom is 0.187 e. The second-order valence-corrected chi connectivity index (χ2v) is 5.59. The summed E-state index contributed by atoms with van der Waals surface area (Å²) in [5.41, 5.74) is 2.34. The molecule has 2 N–H and O–H groups in total. The van der Waals surface area contributed by atoms with Crippen LogP contribution < -0.4 is 5.32 Å². The van der Waals surface area contributed by atoms with Gasteiger partial charge in [-0.2, -0.15) is 0 Å². The van der Waals surface area contributed by atoms with E-state index in [-0.39, 0.29) is 28.9 Å². The van der Waals surface area contributed by atoms with Crippen molar-refractivity contribution >= 4 is 5.78 Å². The Morgan fingerprint density at radius 2 is 1.40 bits per heavy atom. The van der Waals surface area contributed by atoms with Crippen molar-refractivity contribution in [3.8, 4) is 0 Å². The van der Waals surface area contributed by atoms with Gasteiger partial charge in [-0.1, -0.05) is 72.8 Å². The molecule has 2 atom stereocenters. The molecule has 25 heavy (non-hydrogen) atoms. The molecular formula is C21H19CuNO2. The molecule has 0 unspecified atom stereocenters. The summed E-state index contributed by atoms with van der Waals surface area (Å²) in [6.07, 6.45) is 7.76. The van der Waals surface area contributed by atoms with Crippen LogP contribution in [0.15, 0.2) is 96.7 Å². The molecule has 2 aromatic rings. The van der Waals surface area contributed by atoms with Gasteiger partial charge in [0, 0.05) is 28.8 Å². The maximum absolute atomic E-state index is 11.9. The van der Waals surface area contributed by atoms with Crippen molar-refractivity contribution in [1.29, 1.82) is 0 Å². The molecule has 0 bridgehead atoms. The number of hydrogen-bond donors (Lipinski definition) is 2. The molecule has 1 aliphatic carbocycles. The van der Waals surface area contributed by atoms with Gasteiger partial charge < -0.3 is 10.4 Å². The molecule has 0 spiro atoms. The first kappa shape index (κ1) is 18.9. The number of allylic oxidation sites excluding steroid dienone is 5. The van der Waals surface area contributed by atoms with Gasteiger partial charge in [-0.05, 0) is 23.3 Å². The Balaban J connectivity index is 0.00000225. The summed E-state index contributed by atoms with van der Waals surface area (Å²) in [6.45, 7) is 0. The van der Waals surface area contributed by atoms with Gasteiger partial charge in [-0.25, -0.2) is 0 Å². The smallest absolute Gasteiger partial charge is 0.187 e. The first-order valence-corrected chi connectivity index (χ1v) is 7.89. The number of rotatable bonds is 5. The van der Waals surface area contributed by atoms with Crippen molar-refractivity contribution in [2.24, 2.45) is 0 Å². The average molecular weight is 381 g/mol. The molecule has 3 rings (SSSR count). The minimum absolute atomic E-state index is 0. The van der Waals surface area contributed by atoms with Gasteiger partial charge in [0.2, 0.25) is 0 Å². The molecule has 0 saturated heterocycles. The van der Waals surface area contributed by atoms with Crippen LogP contribution in [0.3, 0.4) is 0 Å². The third kappa shape index (κ3) is 4.80. The van der Waals surface area contributed by atoms with E-state index in [1.54, 1.807) is 18.4 Å². The van der Waals surface area contributed by atoms with E-state index >= 15 is 0 Å². The SMILES string of the molecule is O=C1C=CC=C/C1=C/N[C@@H](c1ccccc1)[C@H](O)c1ccccc1.[Cu]. The molecule has 1 radical (unpaired) electrons. The van der Waals surface area contributed by atoms with Crippen molar-refractivity contribution in [3.63, 3.8) is 0 Å². The number of carbonyl (C=O) groups excluding carboxylic acids is 1. The molecule has 0 aromatic heterocycles. The first-order chi connectivity index (χ1) is 11.8. The Kier molecular flexibility index (Phi) is 6.96. The third-order valence-corrected chi connectivity index (χ3v) is 3.95. The van der Waals surface area contributed by atoms with E-state index in [0.29, 0.717) is 5.57 Å². The number of ketones is 1. The van der Waals surface area contributed by atoms with E-state index in [1.807, 2.05) is 66.7 Å². The van der Waals surface area contributed by atoms with Crippen molar-refractivity contribution < 1.29 is 27.0 Å². The standard InChI is InChI=1S/C21H19NO2.Cu/c23-19-14-8-7-13-18(19)15-22-20(16-9-3-1-4-10-16)21(24)17-11-5-2-6-12-17;/h1-15,20-22,24H;/b18-15-;/t20-,21+;/m0./s1. The van der Waals surface area contributed by atoms with E-state index in [0.717, 1.165) is 11.1 Å². The topological polar surface area (TPSA) is 49.3 Å². The molecule has 0 fully saturated rings. The molecule has 131 valence electrons.